The molecule has 0 fully saturated rings. The van der Waals surface area contributed by atoms with Gasteiger partial charge in [-0.1, -0.05) is 0 Å². The van der Waals surface area contributed by atoms with Gasteiger partial charge in [-0.25, -0.2) is 4.98 Å². The highest BCUT2D eigenvalue weighted by atomic mass is 32.2. The number of aromatic amines is 1. The summed E-state index contributed by atoms with van der Waals surface area (Å²) in [5, 5.41) is 2.83. The van der Waals surface area contributed by atoms with Crippen molar-refractivity contribution in [3.05, 3.63) is 42.5 Å². The summed E-state index contributed by atoms with van der Waals surface area (Å²) in [4.78, 5) is 19.6. The number of H-pyrrole nitrogens is 1. The van der Waals surface area contributed by atoms with Crippen molar-refractivity contribution in [3.63, 3.8) is 0 Å². The predicted molar refractivity (Wildman–Crippen MR) is 78.8 cm³/mol. The zero-order valence-electron chi connectivity index (χ0n) is 11.3. The number of hydrogen-bond acceptors (Lipinski definition) is 4. The lowest BCUT2D eigenvalue weighted by Gasteiger charge is -2.05. The fourth-order valence-electron chi connectivity index (χ4n) is 1.57. The van der Waals surface area contributed by atoms with E-state index in [4.69, 9.17) is 4.74 Å². The first-order valence-corrected chi connectivity index (χ1v) is 7.36. The normalized spacial score (nSPS) is 10.2. The van der Waals surface area contributed by atoms with Crippen LogP contribution in [0.5, 0.6) is 5.75 Å². The number of thioether (sulfide) groups is 1. The van der Waals surface area contributed by atoms with Gasteiger partial charge in [0.1, 0.15) is 5.75 Å². The number of nitrogens with zero attached hydrogens (tertiary/aromatic N) is 1. The van der Waals surface area contributed by atoms with Crippen LogP contribution in [0, 0.1) is 0 Å². The van der Waals surface area contributed by atoms with Crippen molar-refractivity contribution < 1.29 is 9.53 Å². The Kier molecular flexibility index (Phi) is 5.49. The first-order valence-electron chi connectivity index (χ1n) is 6.37. The number of carbonyl (C=O) groups is 1. The Bertz CT molecular complexity index is 526. The van der Waals surface area contributed by atoms with Crippen LogP contribution in [0.1, 0.15) is 12.6 Å². The Morgan fingerprint density at radius 3 is 2.85 bits per heavy atom. The largest absolute Gasteiger partial charge is 0.494 e. The molecule has 1 heterocycles. The number of amides is 1. The minimum Gasteiger partial charge on any atom is -0.494 e. The Morgan fingerprint density at radius 1 is 1.40 bits per heavy atom. The van der Waals surface area contributed by atoms with Crippen molar-refractivity contribution in [2.75, 3.05) is 12.4 Å². The second kappa shape index (κ2) is 7.59. The van der Waals surface area contributed by atoms with Crippen LogP contribution in [0.2, 0.25) is 0 Å². The molecule has 0 aliphatic carbocycles. The Morgan fingerprint density at radius 2 is 2.20 bits per heavy atom. The Labute approximate surface area is 122 Å². The molecule has 0 saturated carbocycles. The van der Waals surface area contributed by atoms with Gasteiger partial charge < -0.3 is 15.0 Å². The van der Waals surface area contributed by atoms with E-state index in [1.165, 1.54) is 11.8 Å². The molecule has 2 aromatic rings. The molecule has 1 aromatic heterocycles. The van der Waals surface area contributed by atoms with Crippen molar-refractivity contribution in [1.29, 1.82) is 0 Å². The topological polar surface area (TPSA) is 67.0 Å². The van der Waals surface area contributed by atoms with E-state index in [9.17, 15) is 4.79 Å². The lowest BCUT2D eigenvalue weighted by Crippen LogP contribution is -2.24. The molecular formula is C14H17N3O2S. The zero-order chi connectivity index (χ0) is 14.2. The summed E-state index contributed by atoms with van der Waals surface area (Å²) in [5.74, 6) is 1.24. The molecule has 0 saturated heterocycles. The van der Waals surface area contributed by atoms with Crippen molar-refractivity contribution in [2.45, 2.75) is 18.4 Å². The van der Waals surface area contributed by atoms with Gasteiger partial charge in [0.2, 0.25) is 5.91 Å². The summed E-state index contributed by atoms with van der Waals surface area (Å²) in [7, 11) is 0. The van der Waals surface area contributed by atoms with Gasteiger partial charge >= 0.3 is 0 Å². The molecule has 1 aromatic carbocycles. The molecule has 5 nitrogen and oxygen atoms in total. The van der Waals surface area contributed by atoms with Gasteiger partial charge in [0.05, 0.1) is 30.9 Å². The zero-order valence-corrected chi connectivity index (χ0v) is 12.1. The molecule has 0 spiro atoms. The number of ether oxygens (including phenoxy) is 1. The highest BCUT2D eigenvalue weighted by Gasteiger charge is 2.03. The van der Waals surface area contributed by atoms with Gasteiger partial charge in [-0.05, 0) is 31.2 Å². The first kappa shape index (κ1) is 14.5. The minimum atomic E-state index is -0.00140. The third kappa shape index (κ3) is 4.62. The van der Waals surface area contributed by atoms with Gasteiger partial charge in [-0.2, -0.15) is 0 Å². The highest BCUT2D eigenvalue weighted by Crippen LogP contribution is 2.21. The molecule has 1 amide bonds. The number of carbonyl (C=O) groups excluding carboxylic acids is 1. The highest BCUT2D eigenvalue weighted by molar-refractivity contribution is 8.00. The summed E-state index contributed by atoms with van der Waals surface area (Å²) in [6.45, 7) is 3.08. The van der Waals surface area contributed by atoms with Crippen LogP contribution in [-0.2, 0) is 11.3 Å². The molecular weight excluding hydrogens is 274 g/mol. The van der Waals surface area contributed by atoms with Crippen LogP contribution in [-0.4, -0.2) is 28.2 Å². The van der Waals surface area contributed by atoms with E-state index in [1.54, 1.807) is 12.5 Å². The molecule has 0 radical (unpaired) electrons. The SMILES string of the molecule is CCOc1ccc(SCC(=O)NCc2cnc[nH]2)cc1. The number of rotatable bonds is 7. The summed E-state index contributed by atoms with van der Waals surface area (Å²) in [6, 6.07) is 7.73. The van der Waals surface area contributed by atoms with Gasteiger partial charge in [0, 0.05) is 11.1 Å². The number of benzene rings is 1. The first-order chi connectivity index (χ1) is 9.78. The van der Waals surface area contributed by atoms with Crippen molar-refractivity contribution in [1.82, 2.24) is 15.3 Å². The second-order valence-electron chi connectivity index (χ2n) is 4.05. The summed E-state index contributed by atoms with van der Waals surface area (Å²) < 4.78 is 5.37. The second-order valence-corrected chi connectivity index (χ2v) is 5.10. The van der Waals surface area contributed by atoms with Gasteiger partial charge in [-0.3, -0.25) is 4.79 Å². The third-order valence-electron chi connectivity index (χ3n) is 2.54. The van der Waals surface area contributed by atoms with Crippen LogP contribution in [0.4, 0.5) is 0 Å². The monoisotopic (exact) mass is 291 g/mol. The quantitative estimate of drug-likeness (QED) is 0.768. The molecule has 0 atom stereocenters. The molecule has 20 heavy (non-hydrogen) atoms. The molecule has 6 heteroatoms. The third-order valence-corrected chi connectivity index (χ3v) is 3.55. The minimum absolute atomic E-state index is 0.00140. The molecule has 0 aliphatic rings. The predicted octanol–water partition coefficient (Wildman–Crippen LogP) is 2.22. The maximum absolute atomic E-state index is 11.7. The average Bonchev–Trinajstić information content (AvgIpc) is 2.98. The van der Waals surface area contributed by atoms with Crippen LogP contribution >= 0.6 is 11.8 Å². The van der Waals surface area contributed by atoms with Crippen molar-refractivity contribution >= 4 is 17.7 Å². The maximum Gasteiger partial charge on any atom is 0.230 e. The van der Waals surface area contributed by atoms with E-state index in [2.05, 4.69) is 15.3 Å². The summed E-state index contributed by atoms with van der Waals surface area (Å²) >= 11 is 1.50. The summed E-state index contributed by atoms with van der Waals surface area (Å²) in [6.07, 6.45) is 3.29. The number of nitrogens with one attached hydrogen (secondary N) is 2. The number of hydrogen-bond donors (Lipinski definition) is 2. The fraction of sp³-hybridized carbons (Fsp3) is 0.286. The molecule has 0 bridgehead atoms. The Hall–Kier alpha value is -1.95. The smallest absolute Gasteiger partial charge is 0.230 e. The van der Waals surface area contributed by atoms with Crippen LogP contribution in [0.15, 0.2) is 41.7 Å². The maximum atomic E-state index is 11.7. The van der Waals surface area contributed by atoms with Crippen LogP contribution in [0.3, 0.4) is 0 Å². The van der Waals surface area contributed by atoms with Gasteiger partial charge in [-0.15, -0.1) is 11.8 Å². The molecule has 2 rings (SSSR count). The lowest BCUT2D eigenvalue weighted by molar-refractivity contribution is -0.118. The molecule has 2 N–H and O–H groups in total. The summed E-state index contributed by atoms with van der Waals surface area (Å²) in [5.41, 5.74) is 0.893. The fourth-order valence-corrected chi connectivity index (χ4v) is 2.30. The van der Waals surface area contributed by atoms with E-state index < -0.39 is 0 Å². The average molecular weight is 291 g/mol. The van der Waals surface area contributed by atoms with Gasteiger partial charge in [0.25, 0.3) is 0 Å². The number of aromatic nitrogens is 2. The van der Waals surface area contributed by atoms with E-state index in [0.717, 1.165) is 16.3 Å². The van der Waals surface area contributed by atoms with Crippen molar-refractivity contribution in [3.8, 4) is 5.75 Å². The number of imidazole rings is 1. The molecule has 106 valence electrons. The van der Waals surface area contributed by atoms with Crippen molar-refractivity contribution in [2.24, 2.45) is 0 Å². The Balaban J connectivity index is 1.72. The van der Waals surface area contributed by atoms with Crippen LogP contribution < -0.4 is 10.1 Å². The molecule has 0 unspecified atom stereocenters. The van der Waals surface area contributed by atoms with E-state index >= 15 is 0 Å². The van der Waals surface area contributed by atoms with E-state index in [0.29, 0.717) is 18.9 Å². The lowest BCUT2D eigenvalue weighted by atomic mass is 10.3. The molecule has 0 aliphatic heterocycles. The van der Waals surface area contributed by atoms with Gasteiger partial charge in [0.15, 0.2) is 0 Å². The van der Waals surface area contributed by atoms with E-state index in [-0.39, 0.29) is 5.91 Å². The standard InChI is InChI=1S/C14H17N3O2S/c1-2-19-12-3-5-13(6-4-12)20-9-14(18)16-8-11-7-15-10-17-11/h3-7,10H,2,8-9H2,1H3,(H,15,17)(H,16,18). The van der Waals surface area contributed by atoms with Crippen LogP contribution in [0.25, 0.3) is 0 Å². The van der Waals surface area contributed by atoms with E-state index in [1.807, 2.05) is 31.2 Å².